The molecule has 0 bridgehead atoms. The first-order valence-electron chi connectivity index (χ1n) is 12.0. The van der Waals surface area contributed by atoms with Gasteiger partial charge >= 0.3 is 0 Å². The SMILES string of the molecule is CN1CCN(c2ccc3cc(/C=C(\C#N)C(=O)NC(C)(C)CCOC(C)(C)C)ccc3c2)CC1. The number of piperazine rings is 1. The second-order valence-electron chi connectivity index (χ2n) is 10.8. The van der Waals surface area contributed by atoms with Crippen molar-refractivity contribution in [3.8, 4) is 6.07 Å². The van der Waals surface area contributed by atoms with Gasteiger partial charge in [0.1, 0.15) is 11.6 Å². The molecule has 1 aliphatic heterocycles. The first kappa shape index (κ1) is 25.7. The number of amides is 1. The lowest BCUT2D eigenvalue weighted by molar-refractivity contribution is -0.118. The van der Waals surface area contributed by atoms with Gasteiger partial charge in [0.05, 0.1) is 5.60 Å². The molecule has 0 aliphatic carbocycles. The standard InChI is InChI=1S/C28H38N4O2/c1-27(2,3)34-16-11-28(4,5)30-26(33)24(20-29)18-21-7-8-23-19-25(10-9-22(23)17-21)32-14-12-31(6)13-15-32/h7-10,17-19H,11-16H2,1-6H3,(H,30,33)/b24-18+. The van der Waals surface area contributed by atoms with Crippen LogP contribution in [0.25, 0.3) is 16.8 Å². The van der Waals surface area contributed by atoms with Crippen LogP contribution in [0, 0.1) is 11.3 Å². The van der Waals surface area contributed by atoms with E-state index in [0.717, 1.165) is 42.5 Å². The Kier molecular flexibility index (Phi) is 8.01. The van der Waals surface area contributed by atoms with Crippen molar-refractivity contribution in [2.45, 2.75) is 52.2 Å². The number of carbonyl (C=O) groups excluding carboxylic acids is 1. The maximum absolute atomic E-state index is 12.8. The molecular weight excluding hydrogens is 424 g/mol. The fourth-order valence-electron chi connectivity index (χ4n) is 3.97. The molecule has 2 aromatic carbocycles. The molecule has 6 nitrogen and oxygen atoms in total. The number of fused-ring (bicyclic) bond motifs is 1. The Morgan fingerprint density at radius 2 is 1.71 bits per heavy atom. The van der Waals surface area contributed by atoms with Crippen molar-refractivity contribution >= 4 is 28.4 Å². The average molecular weight is 463 g/mol. The van der Waals surface area contributed by atoms with E-state index in [2.05, 4.69) is 52.5 Å². The van der Waals surface area contributed by atoms with Crippen molar-refractivity contribution in [2.75, 3.05) is 44.7 Å². The summed E-state index contributed by atoms with van der Waals surface area (Å²) in [5, 5.41) is 14.9. The number of rotatable bonds is 7. The van der Waals surface area contributed by atoms with Crippen LogP contribution in [0.15, 0.2) is 42.0 Å². The summed E-state index contributed by atoms with van der Waals surface area (Å²) in [4.78, 5) is 17.6. The molecule has 0 aromatic heterocycles. The summed E-state index contributed by atoms with van der Waals surface area (Å²) < 4.78 is 5.79. The van der Waals surface area contributed by atoms with Gasteiger partial charge in [-0.1, -0.05) is 18.2 Å². The highest BCUT2D eigenvalue weighted by molar-refractivity contribution is 6.02. The van der Waals surface area contributed by atoms with Gasteiger partial charge in [-0.15, -0.1) is 0 Å². The maximum Gasteiger partial charge on any atom is 0.262 e. The zero-order valence-electron chi connectivity index (χ0n) is 21.4. The van der Waals surface area contributed by atoms with Crippen LogP contribution in [-0.2, 0) is 9.53 Å². The number of carbonyl (C=O) groups is 1. The molecule has 6 heteroatoms. The number of ether oxygens (including phenoxy) is 1. The molecule has 0 atom stereocenters. The van der Waals surface area contributed by atoms with Crippen molar-refractivity contribution in [2.24, 2.45) is 0 Å². The quantitative estimate of drug-likeness (QED) is 0.481. The second-order valence-corrected chi connectivity index (χ2v) is 10.8. The van der Waals surface area contributed by atoms with Gasteiger partial charge < -0.3 is 19.9 Å². The minimum atomic E-state index is -0.485. The average Bonchev–Trinajstić information content (AvgIpc) is 2.76. The molecule has 1 amide bonds. The number of nitrogens with zero attached hydrogens (tertiary/aromatic N) is 3. The van der Waals surface area contributed by atoms with Crippen LogP contribution in [0.2, 0.25) is 0 Å². The van der Waals surface area contributed by atoms with Crippen molar-refractivity contribution in [3.05, 3.63) is 47.5 Å². The summed E-state index contributed by atoms with van der Waals surface area (Å²) in [5.41, 5.74) is 1.46. The number of hydrogen-bond donors (Lipinski definition) is 1. The summed E-state index contributed by atoms with van der Waals surface area (Å²) in [6.45, 7) is 14.6. The number of benzene rings is 2. The summed E-state index contributed by atoms with van der Waals surface area (Å²) in [6.07, 6.45) is 2.31. The first-order chi connectivity index (χ1) is 16.0. The number of nitriles is 1. The minimum absolute atomic E-state index is 0.0956. The highest BCUT2D eigenvalue weighted by atomic mass is 16.5. The Balaban J connectivity index is 1.70. The van der Waals surface area contributed by atoms with Crippen molar-refractivity contribution in [1.29, 1.82) is 5.26 Å². The molecule has 2 aromatic rings. The van der Waals surface area contributed by atoms with Gasteiger partial charge in [-0.3, -0.25) is 4.79 Å². The molecule has 0 radical (unpaired) electrons. The topological polar surface area (TPSA) is 68.6 Å². The molecule has 0 unspecified atom stereocenters. The number of anilines is 1. The molecule has 1 saturated heterocycles. The van der Waals surface area contributed by atoms with E-state index in [9.17, 15) is 10.1 Å². The minimum Gasteiger partial charge on any atom is -0.376 e. The van der Waals surface area contributed by atoms with E-state index >= 15 is 0 Å². The second kappa shape index (κ2) is 10.6. The first-order valence-corrected chi connectivity index (χ1v) is 12.0. The van der Waals surface area contributed by atoms with Crippen molar-refractivity contribution < 1.29 is 9.53 Å². The molecule has 1 heterocycles. The van der Waals surface area contributed by atoms with Crippen LogP contribution < -0.4 is 10.2 Å². The third kappa shape index (κ3) is 7.31. The molecule has 0 spiro atoms. The van der Waals surface area contributed by atoms with Gasteiger partial charge in [0.25, 0.3) is 5.91 Å². The van der Waals surface area contributed by atoms with E-state index in [1.165, 1.54) is 5.69 Å². The number of nitrogens with one attached hydrogen (secondary N) is 1. The third-order valence-electron chi connectivity index (χ3n) is 6.11. The lowest BCUT2D eigenvalue weighted by atomic mass is 9.99. The Bertz CT molecular complexity index is 1080. The van der Waals surface area contributed by atoms with Crippen LogP contribution in [-0.4, -0.2) is 61.8 Å². The predicted molar refractivity (Wildman–Crippen MR) is 140 cm³/mol. The van der Waals surface area contributed by atoms with Crippen molar-refractivity contribution in [3.63, 3.8) is 0 Å². The lowest BCUT2D eigenvalue weighted by Gasteiger charge is -2.34. The van der Waals surface area contributed by atoms with Crippen LogP contribution in [0.1, 0.15) is 46.6 Å². The van der Waals surface area contributed by atoms with E-state index < -0.39 is 5.54 Å². The molecular formula is C28H38N4O2. The highest BCUT2D eigenvalue weighted by Crippen LogP contribution is 2.25. The van der Waals surface area contributed by atoms with Gasteiger partial charge in [-0.2, -0.15) is 5.26 Å². The predicted octanol–water partition coefficient (Wildman–Crippen LogP) is 4.60. The van der Waals surface area contributed by atoms with Crippen LogP contribution in [0.4, 0.5) is 5.69 Å². The van der Waals surface area contributed by atoms with E-state index in [0.29, 0.717) is 13.0 Å². The van der Waals surface area contributed by atoms with Gasteiger partial charge in [-0.05, 0) is 88.7 Å². The molecule has 0 saturated carbocycles. The zero-order valence-corrected chi connectivity index (χ0v) is 21.4. The van der Waals surface area contributed by atoms with Crippen LogP contribution in [0.3, 0.4) is 0 Å². The maximum atomic E-state index is 12.8. The fourth-order valence-corrected chi connectivity index (χ4v) is 3.97. The van der Waals surface area contributed by atoms with E-state index in [1.54, 1.807) is 6.08 Å². The number of likely N-dealkylation sites (N-methyl/N-ethyl adjacent to an activating group) is 1. The van der Waals surface area contributed by atoms with E-state index in [1.807, 2.05) is 46.8 Å². The van der Waals surface area contributed by atoms with Crippen LogP contribution >= 0.6 is 0 Å². The summed E-state index contributed by atoms with van der Waals surface area (Å²) in [5.74, 6) is -0.367. The Morgan fingerprint density at radius 3 is 2.35 bits per heavy atom. The monoisotopic (exact) mass is 462 g/mol. The molecule has 1 fully saturated rings. The normalized spacial score (nSPS) is 15.9. The Labute approximate surface area is 204 Å². The van der Waals surface area contributed by atoms with Gasteiger partial charge in [0, 0.05) is 44.0 Å². The van der Waals surface area contributed by atoms with Gasteiger partial charge in [-0.25, -0.2) is 0 Å². The molecule has 1 aliphatic rings. The summed E-state index contributed by atoms with van der Waals surface area (Å²) in [6, 6.07) is 14.6. The lowest BCUT2D eigenvalue weighted by Crippen LogP contribution is -2.45. The zero-order chi connectivity index (χ0) is 24.9. The molecule has 182 valence electrons. The van der Waals surface area contributed by atoms with Crippen LogP contribution in [0.5, 0.6) is 0 Å². The summed E-state index contributed by atoms with van der Waals surface area (Å²) in [7, 11) is 2.16. The van der Waals surface area contributed by atoms with Gasteiger partial charge in [0.2, 0.25) is 0 Å². The Morgan fingerprint density at radius 1 is 1.06 bits per heavy atom. The third-order valence-corrected chi connectivity index (χ3v) is 6.11. The van der Waals surface area contributed by atoms with Crippen molar-refractivity contribution in [1.82, 2.24) is 10.2 Å². The largest absolute Gasteiger partial charge is 0.376 e. The summed E-state index contributed by atoms with van der Waals surface area (Å²) >= 11 is 0. The highest BCUT2D eigenvalue weighted by Gasteiger charge is 2.23. The smallest absolute Gasteiger partial charge is 0.262 e. The van der Waals surface area contributed by atoms with Gasteiger partial charge in [0.15, 0.2) is 0 Å². The molecule has 3 rings (SSSR count). The molecule has 34 heavy (non-hydrogen) atoms. The Hall–Kier alpha value is -2.88. The van der Waals surface area contributed by atoms with E-state index in [-0.39, 0.29) is 17.1 Å². The molecule has 1 N–H and O–H groups in total. The fraction of sp³-hybridized carbons (Fsp3) is 0.500. The van der Waals surface area contributed by atoms with E-state index in [4.69, 9.17) is 4.74 Å². The number of hydrogen-bond acceptors (Lipinski definition) is 5.